The van der Waals surface area contributed by atoms with Crippen molar-refractivity contribution in [1.82, 2.24) is 20.3 Å². The van der Waals surface area contributed by atoms with Crippen molar-refractivity contribution in [2.45, 2.75) is 66.3 Å². The van der Waals surface area contributed by atoms with E-state index in [0.29, 0.717) is 29.7 Å². The van der Waals surface area contributed by atoms with Gasteiger partial charge in [0.15, 0.2) is 5.78 Å². The molecular weight excluding hydrogens is 556 g/mol. The van der Waals surface area contributed by atoms with E-state index in [1.54, 1.807) is 0 Å². The van der Waals surface area contributed by atoms with E-state index >= 15 is 0 Å². The fourth-order valence-electron chi connectivity index (χ4n) is 7.67. The summed E-state index contributed by atoms with van der Waals surface area (Å²) < 4.78 is 5.17. The van der Waals surface area contributed by atoms with E-state index in [0.717, 1.165) is 56.6 Å². The molecule has 0 radical (unpaired) electrons. The number of methoxy groups -OCH3 is 1. The Morgan fingerprint density at radius 1 is 1.09 bits per heavy atom. The molecule has 0 amide bonds. The second kappa shape index (κ2) is 10.9. The van der Waals surface area contributed by atoms with Crippen molar-refractivity contribution >= 4 is 41.5 Å². The van der Waals surface area contributed by atoms with Crippen molar-refractivity contribution in [1.29, 1.82) is 0 Å². The second-order valence-corrected chi connectivity index (χ2v) is 12.4. The zero-order valence-corrected chi connectivity index (χ0v) is 26.2. The molecule has 5 N–H and O–H groups in total. The van der Waals surface area contributed by atoms with Gasteiger partial charge in [-0.2, -0.15) is 0 Å². The monoisotopic (exact) mass is 596 g/mol. The van der Waals surface area contributed by atoms with Gasteiger partial charge in [0.2, 0.25) is 0 Å². The van der Waals surface area contributed by atoms with E-state index in [4.69, 9.17) is 4.74 Å². The van der Waals surface area contributed by atoms with Gasteiger partial charge in [-0.05, 0) is 73.9 Å². The third kappa shape index (κ3) is 4.40. The van der Waals surface area contributed by atoms with Gasteiger partial charge in [-0.1, -0.05) is 26.5 Å². The van der Waals surface area contributed by atoms with Crippen LogP contribution in [0.15, 0.2) is 12.3 Å². The Kier molecular flexibility index (Phi) is 7.30. The van der Waals surface area contributed by atoms with Crippen molar-refractivity contribution in [3.05, 3.63) is 79.1 Å². The molecule has 9 nitrogen and oxygen atoms in total. The number of esters is 1. The van der Waals surface area contributed by atoms with E-state index in [1.165, 1.54) is 18.2 Å². The molecular formula is C35H40N4O5. The Morgan fingerprint density at radius 3 is 2.50 bits per heavy atom. The molecule has 3 aromatic heterocycles. The van der Waals surface area contributed by atoms with Crippen LogP contribution in [0, 0.1) is 38.5 Å². The third-order valence-corrected chi connectivity index (χ3v) is 10.1. The lowest BCUT2D eigenvalue weighted by molar-refractivity contribution is -0.142. The van der Waals surface area contributed by atoms with Gasteiger partial charge in [0, 0.05) is 75.0 Å². The van der Waals surface area contributed by atoms with E-state index in [1.807, 2.05) is 13.0 Å². The fraction of sp³-hybridized carbons (Fsp3) is 0.400. The van der Waals surface area contributed by atoms with Gasteiger partial charge < -0.3 is 30.1 Å². The molecule has 1 fully saturated rings. The largest absolute Gasteiger partial charge is 0.481 e. The summed E-state index contributed by atoms with van der Waals surface area (Å²) in [5.74, 6) is -3.17. The van der Waals surface area contributed by atoms with Crippen LogP contribution in [0.5, 0.6) is 0 Å². The number of aromatic amines is 3. The summed E-state index contributed by atoms with van der Waals surface area (Å²) >= 11 is 0. The lowest BCUT2D eigenvalue weighted by Gasteiger charge is -2.19. The molecule has 1 unspecified atom stereocenters. The maximum atomic E-state index is 14.0. The van der Waals surface area contributed by atoms with Crippen molar-refractivity contribution in [2.24, 2.45) is 17.8 Å². The predicted octanol–water partition coefficient (Wildman–Crippen LogP) is 3.80. The number of fused-ring (bicyclic) bond motifs is 7. The van der Waals surface area contributed by atoms with Crippen LogP contribution in [0.3, 0.4) is 0 Å². The number of hydrogen-bond donors (Lipinski definition) is 5. The van der Waals surface area contributed by atoms with Crippen LogP contribution in [-0.4, -0.2) is 50.9 Å². The van der Waals surface area contributed by atoms with E-state index in [-0.39, 0.29) is 30.1 Å². The summed E-state index contributed by atoms with van der Waals surface area (Å²) in [4.78, 5) is 49.9. The molecule has 1 aliphatic carbocycles. The van der Waals surface area contributed by atoms with Gasteiger partial charge in [-0.15, -0.1) is 0 Å². The van der Waals surface area contributed by atoms with Gasteiger partial charge in [0.05, 0.1) is 12.8 Å². The molecule has 0 saturated carbocycles. The first kappa shape index (κ1) is 29.5. The minimum atomic E-state index is -1.13. The number of rotatable bonds is 6. The Morgan fingerprint density at radius 2 is 1.84 bits per heavy atom. The number of carboxylic acids is 1. The Bertz CT molecular complexity index is 1900. The van der Waals surface area contributed by atoms with Crippen LogP contribution in [0.1, 0.15) is 87.6 Å². The molecule has 44 heavy (non-hydrogen) atoms. The number of allylic oxidation sites excluding steroid dienone is 1. The molecule has 3 aliphatic rings. The van der Waals surface area contributed by atoms with Gasteiger partial charge in [0.25, 0.3) is 0 Å². The molecule has 5 heterocycles. The van der Waals surface area contributed by atoms with Gasteiger partial charge >= 0.3 is 11.9 Å². The highest BCUT2D eigenvalue weighted by Crippen LogP contribution is 2.47. The second-order valence-electron chi connectivity index (χ2n) is 12.4. The van der Waals surface area contributed by atoms with E-state index in [2.05, 4.69) is 66.7 Å². The summed E-state index contributed by atoms with van der Waals surface area (Å²) in [5, 5.41) is 15.2. The maximum absolute atomic E-state index is 14.0. The molecule has 0 spiro atoms. The molecule has 230 valence electrons. The number of Topliss-reactive ketones (excluding diaryl/α,β-unsaturated/α-hetero) is 1. The smallest absolute Gasteiger partial charge is 0.321 e. The number of H-pyrrole nitrogens is 3. The highest BCUT2D eigenvalue weighted by atomic mass is 16.5. The highest BCUT2D eigenvalue weighted by molar-refractivity contribution is 6.24. The van der Waals surface area contributed by atoms with Crippen LogP contribution in [0.25, 0.3) is 23.8 Å². The summed E-state index contributed by atoms with van der Waals surface area (Å²) in [5.41, 5.74) is 10.7. The van der Waals surface area contributed by atoms with Gasteiger partial charge in [-0.3, -0.25) is 14.4 Å². The molecule has 1 saturated heterocycles. The lowest BCUT2D eigenvalue weighted by Crippen LogP contribution is -2.28. The van der Waals surface area contributed by atoms with Crippen molar-refractivity contribution in [3.63, 3.8) is 0 Å². The summed E-state index contributed by atoms with van der Waals surface area (Å²) in [6.07, 6.45) is 7.88. The number of ketones is 1. The lowest BCUT2D eigenvalue weighted by atomic mass is 9.83. The summed E-state index contributed by atoms with van der Waals surface area (Å²) in [6, 6.07) is -0.189. The Balaban J connectivity index is 1.69. The van der Waals surface area contributed by atoms with Crippen molar-refractivity contribution in [2.75, 3.05) is 7.11 Å². The van der Waals surface area contributed by atoms with Gasteiger partial charge in [0.1, 0.15) is 5.92 Å². The van der Waals surface area contributed by atoms with Crippen molar-refractivity contribution in [3.8, 4) is 0 Å². The highest BCUT2D eigenvalue weighted by Gasteiger charge is 2.49. The average Bonchev–Trinajstić information content (AvgIpc) is 3.72. The van der Waals surface area contributed by atoms with E-state index in [9.17, 15) is 19.5 Å². The summed E-state index contributed by atoms with van der Waals surface area (Å²) in [7, 11) is 1.29. The molecule has 6 rings (SSSR count). The topological polar surface area (TPSA) is 140 Å². The van der Waals surface area contributed by atoms with Gasteiger partial charge in [-0.25, -0.2) is 0 Å². The van der Waals surface area contributed by atoms with Crippen molar-refractivity contribution < 1.29 is 24.2 Å². The summed E-state index contributed by atoms with van der Waals surface area (Å²) in [6.45, 7) is 14.4. The number of aliphatic carboxylic acids is 1. The Labute approximate surface area is 256 Å². The molecule has 4 atom stereocenters. The molecule has 0 aromatic carbocycles. The number of carbonyl (C=O) groups excluding carboxylic acids is 2. The van der Waals surface area contributed by atoms with Crippen LogP contribution >= 0.6 is 0 Å². The minimum absolute atomic E-state index is 0.0253. The molecule has 8 bridgehead atoms. The molecule has 9 heteroatoms. The number of carbonyl (C=O) groups is 3. The quantitative estimate of drug-likeness (QED) is 0.217. The zero-order chi connectivity index (χ0) is 31.6. The molecule has 2 aliphatic heterocycles. The number of aromatic nitrogens is 3. The number of nitrogens with one attached hydrogen (secondary N) is 4. The first-order chi connectivity index (χ1) is 21.0. The zero-order valence-electron chi connectivity index (χ0n) is 26.2. The first-order valence-corrected chi connectivity index (χ1v) is 15.3. The van der Waals surface area contributed by atoms with Crippen LogP contribution in [0.2, 0.25) is 0 Å². The van der Waals surface area contributed by atoms with Crippen LogP contribution in [-0.2, 0) is 27.2 Å². The normalized spacial score (nSPS) is 25.2. The molecule has 3 aromatic rings. The van der Waals surface area contributed by atoms with Crippen LogP contribution < -0.4 is 16.0 Å². The standard InChI is InChI=1S/C35H40N4O5/c1-8-19-15(3)22-12-24-17(5)21(10-11-28(40)41)32(38-24)30-31(35(43)44-7)34(42)29-18(6)25(39-33(29)30)14-27-20(9-2)16(4)23(37-27)13-26(19)36-22/h8,12-13,17,21,24,31,36-39H,1,9-11,14H2,2-7H3,(H,40,41)/b22-12-,26-13-,32-30-/t17-,21-,24?,31+/m0/s1. The predicted molar refractivity (Wildman–Crippen MR) is 169 cm³/mol. The van der Waals surface area contributed by atoms with E-state index < -0.39 is 17.9 Å². The third-order valence-electron chi connectivity index (χ3n) is 10.1. The first-order valence-electron chi connectivity index (χ1n) is 15.3. The minimum Gasteiger partial charge on any atom is -0.481 e. The number of ether oxygens (including phenoxy) is 1. The number of carboxylic acid groups (broad SMARTS) is 1. The SMILES string of the molecule is C=Cc1c(C)/c2[nH]/c1=C\c1[nH]c(c(CC)c1C)Cc1[nH]c3c(c1C)C(=O)[C@H](C(=O)OC)/C3=C1/NC(\C=2)[C@@H](C)[C@@H]1CCC(=O)O. The average molecular weight is 597 g/mol. The Hall–Kier alpha value is -4.53. The maximum Gasteiger partial charge on any atom is 0.321 e. The number of hydrogen-bond acceptors (Lipinski definition) is 5. The fourth-order valence-corrected chi connectivity index (χ4v) is 7.67. The van der Waals surface area contributed by atoms with Crippen LogP contribution in [0.4, 0.5) is 0 Å².